The zero-order valence-corrected chi connectivity index (χ0v) is 14.5. The maximum Gasteiger partial charge on any atom is 0.317 e. The highest BCUT2D eigenvalue weighted by Gasteiger charge is 2.43. The quantitative estimate of drug-likeness (QED) is 0.870. The van der Waals surface area contributed by atoms with Crippen molar-refractivity contribution in [1.29, 1.82) is 0 Å². The van der Waals surface area contributed by atoms with Gasteiger partial charge in [0.2, 0.25) is 0 Å². The van der Waals surface area contributed by atoms with E-state index in [2.05, 4.69) is 5.32 Å². The van der Waals surface area contributed by atoms with Gasteiger partial charge in [0.15, 0.2) is 0 Å². The molecule has 132 valence electrons. The van der Waals surface area contributed by atoms with Gasteiger partial charge in [-0.05, 0) is 38.2 Å². The minimum atomic E-state index is -0.126. The number of aliphatic hydroxyl groups is 1. The number of rotatable bonds is 5. The Morgan fingerprint density at radius 2 is 2.08 bits per heavy atom. The Morgan fingerprint density at radius 3 is 2.79 bits per heavy atom. The zero-order chi connectivity index (χ0) is 17.0. The first-order valence-electron chi connectivity index (χ1n) is 9.12. The number of hydrogen-bond acceptors (Lipinski definition) is 3. The number of carbonyl (C=O) groups excluding carboxylic acids is 1. The minimum absolute atomic E-state index is 0.0122. The van der Waals surface area contributed by atoms with Crippen molar-refractivity contribution in [3.05, 3.63) is 29.8 Å². The maximum absolute atomic E-state index is 12.7. The van der Waals surface area contributed by atoms with Gasteiger partial charge < -0.3 is 20.1 Å². The highest BCUT2D eigenvalue weighted by molar-refractivity contribution is 5.75. The second kappa shape index (κ2) is 7.43. The average molecular weight is 332 g/mol. The number of nitrogens with one attached hydrogen (secondary N) is 1. The topological polar surface area (TPSA) is 61.8 Å². The van der Waals surface area contributed by atoms with Gasteiger partial charge in [-0.2, -0.15) is 0 Å². The maximum atomic E-state index is 12.7. The van der Waals surface area contributed by atoms with Crippen molar-refractivity contribution in [3.63, 3.8) is 0 Å². The molecule has 3 rings (SSSR count). The van der Waals surface area contributed by atoms with E-state index in [1.165, 1.54) is 12.8 Å². The summed E-state index contributed by atoms with van der Waals surface area (Å²) in [6.07, 6.45) is 6.20. The molecule has 5 nitrogen and oxygen atoms in total. The lowest BCUT2D eigenvalue weighted by Gasteiger charge is -2.40. The summed E-state index contributed by atoms with van der Waals surface area (Å²) in [5, 5.41) is 12.4. The van der Waals surface area contributed by atoms with E-state index in [4.69, 9.17) is 4.74 Å². The predicted octanol–water partition coefficient (Wildman–Crippen LogP) is 3.24. The van der Waals surface area contributed by atoms with Crippen LogP contribution in [-0.2, 0) is 0 Å². The van der Waals surface area contributed by atoms with Gasteiger partial charge in [0, 0.05) is 25.1 Å². The number of para-hydroxylation sites is 1. The Morgan fingerprint density at radius 1 is 1.33 bits per heavy atom. The zero-order valence-electron chi connectivity index (χ0n) is 14.5. The third-order valence-corrected chi connectivity index (χ3v) is 5.16. The van der Waals surface area contributed by atoms with Crippen LogP contribution in [-0.4, -0.2) is 41.3 Å². The van der Waals surface area contributed by atoms with E-state index in [-0.39, 0.29) is 24.3 Å². The van der Waals surface area contributed by atoms with Crippen LogP contribution in [0.3, 0.4) is 0 Å². The molecule has 2 N–H and O–H groups in total. The van der Waals surface area contributed by atoms with Gasteiger partial charge >= 0.3 is 6.03 Å². The largest absolute Gasteiger partial charge is 0.487 e. The number of benzene rings is 1. The van der Waals surface area contributed by atoms with Gasteiger partial charge in [-0.25, -0.2) is 4.79 Å². The highest BCUT2D eigenvalue weighted by Crippen LogP contribution is 2.46. The summed E-state index contributed by atoms with van der Waals surface area (Å²) < 4.78 is 6.34. The molecule has 0 saturated heterocycles. The molecule has 2 amide bonds. The Hall–Kier alpha value is -1.75. The number of nitrogens with zero attached hydrogens (tertiary/aromatic N) is 1. The lowest BCUT2D eigenvalue weighted by Crippen LogP contribution is -2.48. The van der Waals surface area contributed by atoms with E-state index in [1.54, 1.807) is 4.90 Å². The molecule has 1 atom stereocenters. The number of fused-ring (bicyclic) bond motifs is 1. The molecule has 24 heavy (non-hydrogen) atoms. The normalized spacial score (nSPS) is 21.2. The second-order valence-electron chi connectivity index (χ2n) is 6.95. The summed E-state index contributed by atoms with van der Waals surface area (Å²) in [4.78, 5) is 14.4. The number of carbonyl (C=O) groups is 1. The standard InChI is InChI=1S/C19H28N2O3/c1-2-11-21(12-13-22)18(23)20-16-14-19(9-5-6-10-19)24-17-8-4-3-7-15(16)17/h3-4,7-8,16,22H,2,5-6,9-14H2,1H3,(H,20,23). The van der Waals surface area contributed by atoms with Crippen LogP contribution in [0.1, 0.15) is 57.1 Å². The lowest BCUT2D eigenvalue weighted by atomic mass is 9.86. The van der Waals surface area contributed by atoms with E-state index < -0.39 is 0 Å². The number of amides is 2. The smallest absolute Gasteiger partial charge is 0.317 e. The van der Waals surface area contributed by atoms with Gasteiger partial charge in [0.25, 0.3) is 0 Å². The van der Waals surface area contributed by atoms with Crippen LogP contribution in [0.15, 0.2) is 24.3 Å². The van der Waals surface area contributed by atoms with E-state index in [1.807, 2.05) is 31.2 Å². The number of aliphatic hydroxyl groups excluding tert-OH is 1. The Kier molecular flexibility index (Phi) is 5.29. The fraction of sp³-hybridized carbons (Fsp3) is 0.632. The Bertz CT molecular complexity index is 563. The first-order chi connectivity index (χ1) is 11.7. The molecule has 1 heterocycles. The van der Waals surface area contributed by atoms with Crippen LogP contribution in [0.25, 0.3) is 0 Å². The summed E-state index contributed by atoms with van der Waals surface area (Å²) in [6.45, 7) is 3.05. The lowest BCUT2D eigenvalue weighted by molar-refractivity contribution is 0.0374. The van der Waals surface area contributed by atoms with E-state index in [0.29, 0.717) is 13.1 Å². The Balaban J connectivity index is 1.79. The summed E-state index contributed by atoms with van der Waals surface area (Å²) in [5.74, 6) is 0.903. The molecular weight excluding hydrogens is 304 g/mol. The van der Waals surface area contributed by atoms with Crippen molar-refractivity contribution < 1.29 is 14.6 Å². The molecule has 0 aromatic heterocycles. The average Bonchev–Trinajstić information content (AvgIpc) is 3.02. The third kappa shape index (κ3) is 3.51. The van der Waals surface area contributed by atoms with Crippen molar-refractivity contribution in [2.45, 2.75) is 57.1 Å². The monoisotopic (exact) mass is 332 g/mol. The van der Waals surface area contributed by atoms with Crippen molar-refractivity contribution in [2.24, 2.45) is 0 Å². The van der Waals surface area contributed by atoms with Crippen molar-refractivity contribution in [2.75, 3.05) is 19.7 Å². The molecule has 2 aliphatic rings. The third-order valence-electron chi connectivity index (χ3n) is 5.16. The second-order valence-corrected chi connectivity index (χ2v) is 6.95. The number of ether oxygens (including phenoxy) is 1. The highest BCUT2D eigenvalue weighted by atomic mass is 16.5. The van der Waals surface area contributed by atoms with Gasteiger partial charge in [-0.3, -0.25) is 0 Å². The van der Waals surface area contributed by atoms with Gasteiger partial charge in [-0.1, -0.05) is 25.1 Å². The van der Waals surface area contributed by atoms with Crippen LogP contribution < -0.4 is 10.1 Å². The SMILES string of the molecule is CCCN(CCO)C(=O)NC1CC2(CCCC2)Oc2ccccc21. The molecule has 0 radical (unpaired) electrons. The molecule has 1 aromatic rings. The Labute approximate surface area is 144 Å². The van der Waals surface area contributed by atoms with Gasteiger partial charge in [0.05, 0.1) is 12.6 Å². The van der Waals surface area contributed by atoms with Crippen LogP contribution >= 0.6 is 0 Å². The van der Waals surface area contributed by atoms with Crippen molar-refractivity contribution in [3.8, 4) is 5.75 Å². The molecule has 1 aliphatic carbocycles. The first-order valence-corrected chi connectivity index (χ1v) is 9.12. The molecule has 1 spiro atoms. The summed E-state index contributed by atoms with van der Waals surface area (Å²) in [7, 11) is 0. The van der Waals surface area contributed by atoms with E-state index in [0.717, 1.165) is 37.0 Å². The van der Waals surface area contributed by atoms with E-state index >= 15 is 0 Å². The molecule has 0 bridgehead atoms. The molecule has 5 heteroatoms. The van der Waals surface area contributed by atoms with Crippen LogP contribution in [0.5, 0.6) is 5.75 Å². The summed E-state index contributed by atoms with van der Waals surface area (Å²) in [6, 6.07) is 7.90. The van der Waals surface area contributed by atoms with Crippen LogP contribution in [0.2, 0.25) is 0 Å². The van der Waals surface area contributed by atoms with Gasteiger partial charge in [-0.15, -0.1) is 0 Å². The number of hydrogen-bond donors (Lipinski definition) is 2. The predicted molar refractivity (Wildman–Crippen MR) is 93.1 cm³/mol. The van der Waals surface area contributed by atoms with Crippen LogP contribution in [0, 0.1) is 0 Å². The van der Waals surface area contributed by atoms with Crippen LogP contribution in [0.4, 0.5) is 4.79 Å². The minimum Gasteiger partial charge on any atom is -0.487 e. The fourth-order valence-electron chi connectivity index (χ4n) is 4.02. The summed E-state index contributed by atoms with van der Waals surface area (Å²) in [5.41, 5.74) is 0.933. The first kappa shape index (κ1) is 17.1. The van der Waals surface area contributed by atoms with Crippen molar-refractivity contribution in [1.82, 2.24) is 10.2 Å². The fourth-order valence-corrected chi connectivity index (χ4v) is 4.02. The molecule has 1 saturated carbocycles. The van der Waals surface area contributed by atoms with Gasteiger partial charge in [0.1, 0.15) is 11.4 Å². The molecular formula is C19H28N2O3. The molecule has 1 aliphatic heterocycles. The molecule has 1 fully saturated rings. The van der Waals surface area contributed by atoms with E-state index in [9.17, 15) is 9.90 Å². The van der Waals surface area contributed by atoms with Crippen molar-refractivity contribution >= 4 is 6.03 Å². The summed E-state index contributed by atoms with van der Waals surface area (Å²) >= 11 is 0. The molecule has 1 unspecified atom stereocenters. The number of urea groups is 1. The molecule has 1 aromatic carbocycles.